The Hall–Kier alpha value is -1.99. The Morgan fingerprint density at radius 2 is 2.29 bits per heavy atom. The summed E-state index contributed by atoms with van der Waals surface area (Å²) in [6.07, 6.45) is 0. The third-order valence-corrected chi connectivity index (χ3v) is 3.50. The Morgan fingerprint density at radius 1 is 1.48 bits per heavy atom. The molecular formula is C13H13ClN4O2S. The molecule has 0 bridgehead atoms. The minimum atomic E-state index is -0.468. The van der Waals surface area contributed by atoms with E-state index in [-0.39, 0.29) is 5.71 Å². The topological polar surface area (TPSA) is 76.5 Å². The number of hydrogen-bond acceptors (Lipinski definition) is 7. The molecule has 0 saturated heterocycles. The predicted molar refractivity (Wildman–Crippen MR) is 83.7 cm³/mol. The summed E-state index contributed by atoms with van der Waals surface area (Å²) >= 11 is 7.25. The van der Waals surface area contributed by atoms with Gasteiger partial charge in [-0.3, -0.25) is 5.43 Å². The van der Waals surface area contributed by atoms with Gasteiger partial charge in [0.25, 0.3) is 0 Å². The molecule has 0 aliphatic rings. The van der Waals surface area contributed by atoms with Crippen LogP contribution < -0.4 is 5.43 Å². The average molecular weight is 325 g/mol. The normalized spacial score (nSPS) is 11.3. The summed E-state index contributed by atoms with van der Waals surface area (Å²) in [4.78, 5) is 11.4. The third kappa shape index (κ3) is 4.24. The lowest BCUT2D eigenvalue weighted by atomic mass is 10.2. The van der Waals surface area contributed by atoms with E-state index in [1.807, 2.05) is 12.1 Å². The fourth-order valence-corrected chi connectivity index (χ4v) is 2.29. The van der Waals surface area contributed by atoms with Crippen LogP contribution in [-0.4, -0.2) is 28.5 Å². The molecule has 0 unspecified atom stereocenters. The van der Waals surface area contributed by atoms with Crippen molar-refractivity contribution in [3.05, 3.63) is 29.3 Å². The van der Waals surface area contributed by atoms with Crippen molar-refractivity contribution < 1.29 is 9.53 Å². The molecule has 21 heavy (non-hydrogen) atoms. The molecule has 0 radical (unpaired) electrons. The average Bonchev–Trinajstić information content (AvgIpc) is 2.94. The van der Waals surface area contributed by atoms with Gasteiger partial charge in [0.1, 0.15) is 10.7 Å². The van der Waals surface area contributed by atoms with Gasteiger partial charge in [0, 0.05) is 10.6 Å². The zero-order valence-electron chi connectivity index (χ0n) is 11.5. The van der Waals surface area contributed by atoms with Crippen LogP contribution in [0.25, 0.3) is 10.6 Å². The Kier molecular flexibility index (Phi) is 5.24. The van der Waals surface area contributed by atoms with Gasteiger partial charge < -0.3 is 4.74 Å². The first kappa shape index (κ1) is 15.4. The van der Waals surface area contributed by atoms with E-state index in [0.717, 1.165) is 5.56 Å². The van der Waals surface area contributed by atoms with Crippen LogP contribution in [0.3, 0.4) is 0 Å². The summed E-state index contributed by atoms with van der Waals surface area (Å²) in [6.45, 7) is 3.61. The van der Waals surface area contributed by atoms with Crippen molar-refractivity contribution in [3.63, 3.8) is 0 Å². The highest BCUT2D eigenvalue weighted by Gasteiger charge is 2.09. The van der Waals surface area contributed by atoms with Crippen LogP contribution in [0.2, 0.25) is 5.02 Å². The smallest absolute Gasteiger partial charge is 0.354 e. The van der Waals surface area contributed by atoms with Gasteiger partial charge in [0.15, 0.2) is 0 Å². The summed E-state index contributed by atoms with van der Waals surface area (Å²) in [7, 11) is 0. The van der Waals surface area contributed by atoms with Crippen molar-refractivity contribution >= 4 is 39.8 Å². The molecule has 0 atom stereocenters. The summed E-state index contributed by atoms with van der Waals surface area (Å²) in [5, 5.41) is 13.7. The van der Waals surface area contributed by atoms with Crippen LogP contribution in [-0.2, 0) is 9.53 Å². The quantitative estimate of drug-likeness (QED) is 0.519. The van der Waals surface area contributed by atoms with Crippen LogP contribution >= 0.6 is 22.9 Å². The minimum absolute atomic E-state index is 0.219. The summed E-state index contributed by atoms with van der Waals surface area (Å²) < 4.78 is 4.82. The molecule has 0 spiro atoms. The number of rotatable bonds is 5. The number of carbonyl (C=O) groups excluding carboxylic acids is 1. The van der Waals surface area contributed by atoms with E-state index in [2.05, 4.69) is 20.7 Å². The van der Waals surface area contributed by atoms with Crippen LogP contribution in [0.1, 0.15) is 13.8 Å². The van der Waals surface area contributed by atoms with E-state index >= 15 is 0 Å². The number of carbonyl (C=O) groups is 1. The lowest BCUT2D eigenvalue weighted by molar-refractivity contribution is -0.135. The second kappa shape index (κ2) is 7.14. The van der Waals surface area contributed by atoms with Gasteiger partial charge in [-0.15, -0.1) is 10.2 Å². The fraction of sp³-hybridized carbons (Fsp3) is 0.231. The standard InChI is InChI=1S/C13H13ClN4O2S/c1-3-20-12(19)8(2)15-17-13-18-16-11(21-13)9-5-4-6-10(14)7-9/h4-7H,3H2,1-2H3,(H,17,18)/b15-8+. The van der Waals surface area contributed by atoms with Crippen molar-refractivity contribution in [2.24, 2.45) is 5.10 Å². The zero-order valence-corrected chi connectivity index (χ0v) is 13.0. The number of ether oxygens (including phenoxy) is 1. The SMILES string of the molecule is CCOC(=O)/C(C)=N/Nc1nnc(-c2cccc(Cl)c2)s1. The van der Waals surface area contributed by atoms with Gasteiger partial charge in [-0.25, -0.2) is 4.79 Å². The van der Waals surface area contributed by atoms with E-state index in [4.69, 9.17) is 16.3 Å². The Morgan fingerprint density at radius 3 is 3.00 bits per heavy atom. The third-order valence-electron chi connectivity index (χ3n) is 2.39. The second-order valence-electron chi connectivity index (χ2n) is 3.95. The van der Waals surface area contributed by atoms with Gasteiger partial charge in [-0.2, -0.15) is 5.10 Å². The van der Waals surface area contributed by atoms with Crippen molar-refractivity contribution in [2.75, 3.05) is 12.0 Å². The molecule has 6 nitrogen and oxygen atoms in total. The van der Waals surface area contributed by atoms with E-state index in [1.165, 1.54) is 11.3 Å². The number of aromatic nitrogens is 2. The summed E-state index contributed by atoms with van der Waals surface area (Å²) in [5.74, 6) is -0.468. The molecule has 0 aliphatic heterocycles. The van der Waals surface area contributed by atoms with Gasteiger partial charge in [0.05, 0.1) is 6.61 Å². The van der Waals surface area contributed by atoms with Gasteiger partial charge >= 0.3 is 5.97 Å². The second-order valence-corrected chi connectivity index (χ2v) is 5.37. The number of halogens is 1. The van der Waals surface area contributed by atoms with Crippen molar-refractivity contribution in [3.8, 4) is 10.6 Å². The van der Waals surface area contributed by atoms with Crippen LogP contribution in [0, 0.1) is 0 Å². The van der Waals surface area contributed by atoms with Crippen molar-refractivity contribution in [1.29, 1.82) is 0 Å². The van der Waals surface area contributed by atoms with E-state index < -0.39 is 5.97 Å². The van der Waals surface area contributed by atoms with Crippen molar-refractivity contribution in [1.82, 2.24) is 10.2 Å². The molecule has 2 rings (SSSR count). The molecule has 1 aromatic carbocycles. The molecule has 0 fully saturated rings. The molecule has 2 aromatic rings. The highest BCUT2D eigenvalue weighted by molar-refractivity contribution is 7.18. The van der Waals surface area contributed by atoms with Gasteiger partial charge in [-0.05, 0) is 26.0 Å². The molecule has 0 saturated carbocycles. The molecule has 1 aromatic heterocycles. The van der Waals surface area contributed by atoms with Crippen LogP contribution in [0.15, 0.2) is 29.4 Å². The number of hydrazone groups is 1. The van der Waals surface area contributed by atoms with Crippen LogP contribution in [0.5, 0.6) is 0 Å². The van der Waals surface area contributed by atoms with Crippen molar-refractivity contribution in [2.45, 2.75) is 13.8 Å². The largest absolute Gasteiger partial charge is 0.461 e. The molecule has 1 heterocycles. The molecule has 8 heteroatoms. The Labute approximate surface area is 130 Å². The first-order chi connectivity index (χ1) is 10.1. The van der Waals surface area contributed by atoms with Crippen LogP contribution in [0.4, 0.5) is 5.13 Å². The number of nitrogens with zero attached hydrogens (tertiary/aromatic N) is 3. The molecule has 1 N–H and O–H groups in total. The molecule has 0 aliphatic carbocycles. The van der Waals surface area contributed by atoms with Gasteiger partial charge in [0.2, 0.25) is 5.13 Å². The van der Waals surface area contributed by atoms with E-state index in [9.17, 15) is 4.79 Å². The minimum Gasteiger partial charge on any atom is -0.461 e. The number of hydrogen-bond donors (Lipinski definition) is 1. The number of benzene rings is 1. The zero-order chi connectivity index (χ0) is 15.2. The molecular weight excluding hydrogens is 312 g/mol. The number of nitrogens with one attached hydrogen (secondary N) is 1. The fourth-order valence-electron chi connectivity index (χ4n) is 1.42. The highest BCUT2D eigenvalue weighted by atomic mass is 35.5. The predicted octanol–water partition coefficient (Wildman–Crippen LogP) is 3.21. The van der Waals surface area contributed by atoms with E-state index in [1.54, 1.807) is 26.0 Å². The first-order valence-electron chi connectivity index (χ1n) is 6.17. The lowest BCUT2D eigenvalue weighted by Gasteiger charge is -2.00. The lowest BCUT2D eigenvalue weighted by Crippen LogP contribution is -2.15. The maximum absolute atomic E-state index is 11.4. The Bertz CT molecular complexity index is 672. The van der Waals surface area contributed by atoms with Gasteiger partial charge in [-0.1, -0.05) is 35.1 Å². The Balaban J connectivity index is 2.07. The summed E-state index contributed by atoms with van der Waals surface area (Å²) in [6, 6.07) is 7.33. The molecule has 110 valence electrons. The summed E-state index contributed by atoms with van der Waals surface area (Å²) in [5.41, 5.74) is 3.78. The monoisotopic (exact) mass is 324 g/mol. The highest BCUT2D eigenvalue weighted by Crippen LogP contribution is 2.27. The number of anilines is 1. The first-order valence-corrected chi connectivity index (χ1v) is 7.36. The number of esters is 1. The van der Waals surface area contributed by atoms with E-state index in [0.29, 0.717) is 21.8 Å². The maximum atomic E-state index is 11.4. The molecule has 0 amide bonds. The maximum Gasteiger partial charge on any atom is 0.354 e.